The van der Waals surface area contributed by atoms with Crippen molar-refractivity contribution in [2.24, 2.45) is 11.8 Å². The van der Waals surface area contributed by atoms with E-state index in [1.807, 2.05) is 12.1 Å². The smallest absolute Gasteiger partial charge is 0.119 e. The predicted molar refractivity (Wildman–Crippen MR) is 75.1 cm³/mol. The summed E-state index contributed by atoms with van der Waals surface area (Å²) in [4.78, 5) is 0. The first-order valence-corrected chi connectivity index (χ1v) is 7.26. The molecule has 2 heteroatoms. The van der Waals surface area contributed by atoms with Crippen LogP contribution in [0.5, 0.6) is 5.75 Å². The zero-order chi connectivity index (χ0) is 12.4. The van der Waals surface area contributed by atoms with Gasteiger partial charge in [-0.1, -0.05) is 12.8 Å². The minimum absolute atomic E-state index is 0.678. The number of anilines is 1. The summed E-state index contributed by atoms with van der Waals surface area (Å²) in [5.74, 6) is 2.99. The molecule has 2 fully saturated rings. The van der Waals surface area contributed by atoms with E-state index >= 15 is 0 Å². The van der Waals surface area contributed by atoms with Crippen LogP contribution in [0.25, 0.3) is 0 Å². The number of hydrogen-bond donors (Lipinski definition) is 1. The Hall–Kier alpha value is -1.18. The van der Waals surface area contributed by atoms with Gasteiger partial charge in [0.05, 0.1) is 7.11 Å². The van der Waals surface area contributed by atoms with E-state index in [2.05, 4.69) is 17.4 Å². The van der Waals surface area contributed by atoms with Gasteiger partial charge in [0.1, 0.15) is 5.75 Å². The largest absolute Gasteiger partial charge is 0.497 e. The molecule has 0 saturated heterocycles. The van der Waals surface area contributed by atoms with Gasteiger partial charge in [0.15, 0.2) is 0 Å². The average molecular weight is 245 g/mol. The molecule has 2 aliphatic carbocycles. The van der Waals surface area contributed by atoms with Crippen molar-refractivity contribution in [3.05, 3.63) is 24.3 Å². The monoisotopic (exact) mass is 245 g/mol. The Bertz CT molecular complexity index is 383. The first-order valence-electron chi connectivity index (χ1n) is 7.26. The molecule has 0 amide bonds. The number of ether oxygens (including phenoxy) is 1. The Morgan fingerprint density at radius 2 is 1.78 bits per heavy atom. The van der Waals surface area contributed by atoms with E-state index in [1.165, 1.54) is 44.2 Å². The minimum atomic E-state index is 0.678. The van der Waals surface area contributed by atoms with E-state index in [0.29, 0.717) is 6.04 Å². The van der Waals surface area contributed by atoms with Crippen LogP contribution in [0.4, 0.5) is 5.69 Å². The number of methoxy groups -OCH3 is 1. The van der Waals surface area contributed by atoms with Crippen molar-refractivity contribution >= 4 is 5.69 Å². The van der Waals surface area contributed by atoms with Crippen molar-refractivity contribution in [2.75, 3.05) is 12.4 Å². The summed E-state index contributed by atoms with van der Waals surface area (Å²) < 4.78 is 5.19. The highest BCUT2D eigenvalue weighted by Crippen LogP contribution is 2.44. The SMILES string of the molecule is COc1ccc(NC2CCCC(C3CC3)C2)cc1. The Morgan fingerprint density at radius 1 is 1.00 bits per heavy atom. The van der Waals surface area contributed by atoms with Crippen LogP contribution >= 0.6 is 0 Å². The predicted octanol–water partition coefficient (Wildman–Crippen LogP) is 4.08. The van der Waals surface area contributed by atoms with E-state index in [4.69, 9.17) is 4.74 Å². The summed E-state index contributed by atoms with van der Waals surface area (Å²) in [7, 11) is 1.71. The van der Waals surface area contributed by atoms with Gasteiger partial charge in [-0.25, -0.2) is 0 Å². The molecule has 0 aromatic heterocycles. The second kappa shape index (κ2) is 5.21. The molecule has 2 saturated carbocycles. The molecule has 0 aliphatic heterocycles. The second-order valence-electron chi connectivity index (χ2n) is 5.83. The fraction of sp³-hybridized carbons (Fsp3) is 0.625. The van der Waals surface area contributed by atoms with Gasteiger partial charge in [-0.15, -0.1) is 0 Å². The van der Waals surface area contributed by atoms with E-state index < -0.39 is 0 Å². The molecule has 3 rings (SSSR count). The Kier molecular flexibility index (Phi) is 3.44. The highest BCUT2D eigenvalue weighted by molar-refractivity contribution is 5.47. The van der Waals surface area contributed by atoms with Crippen molar-refractivity contribution in [3.63, 3.8) is 0 Å². The molecule has 2 aliphatic rings. The first-order chi connectivity index (χ1) is 8.85. The number of rotatable bonds is 4. The molecular formula is C16H23NO. The minimum Gasteiger partial charge on any atom is -0.497 e. The number of hydrogen-bond acceptors (Lipinski definition) is 2. The molecule has 2 unspecified atom stereocenters. The lowest BCUT2D eigenvalue weighted by atomic mass is 9.82. The molecule has 0 spiro atoms. The summed E-state index contributed by atoms with van der Waals surface area (Å²) in [6.45, 7) is 0. The van der Waals surface area contributed by atoms with E-state index in [-0.39, 0.29) is 0 Å². The van der Waals surface area contributed by atoms with Crippen molar-refractivity contribution in [2.45, 2.75) is 44.6 Å². The maximum atomic E-state index is 5.19. The van der Waals surface area contributed by atoms with E-state index in [9.17, 15) is 0 Å². The molecule has 1 aromatic carbocycles. The summed E-state index contributed by atoms with van der Waals surface area (Å²) >= 11 is 0. The molecule has 0 heterocycles. The van der Waals surface area contributed by atoms with Crippen LogP contribution in [0, 0.1) is 11.8 Å². The molecule has 2 nitrogen and oxygen atoms in total. The van der Waals surface area contributed by atoms with E-state index in [1.54, 1.807) is 7.11 Å². The molecule has 1 aromatic rings. The van der Waals surface area contributed by atoms with Crippen LogP contribution in [-0.2, 0) is 0 Å². The van der Waals surface area contributed by atoms with Crippen LogP contribution in [0.2, 0.25) is 0 Å². The Morgan fingerprint density at radius 3 is 2.44 bits per heavy atom. The fourth-order valence-corrected chi connectivity index (χ4v) is 3.28. The maximum Gasteiger partial charge on any atom is 0.119 e. The highest BCUT2D eigenvalue weighted by atomic mass is 16.5. The topological polar surface area (TPSA) is 21.3 Å². The second-order valence-corrected chi connectivity index (χ2v) is 5.83. The van der Waals surface area contributed by atoms with Crippen molar-refractivity contribution in [1.82, 2.24) is 0 Å². The van der Waals surface area contributed by atoms with Gasteiger partial charge >= 0.3 is 0 Å². The fourth-order valence-electron chi connectivity index (χ4n) is 3.28. The summed E-state index contributed by atoms with van der Waals surface area (Å²) in [5.41, 5.74) is 1.23. The van der Waals surface area contributed by atoms with Crippen LogP contribution in [0.15, 0.2) is 24.3 Å². The zero-order valence-electron chi connectivity index (χ0n) is 11.2. The van der Waals surface area contributed by atoms with Gasteiger partial charge in [0, 0.05) is 11.7 Å². The van der Waals surface area contributed by atoms with Crippen molar-refractivity contribution in [1.29, 1.82) is 0 Å². The number of nitrogens with one attached hydrogen (secondary N) is 1. The standard InChI is InChI=1S/C16H23NO/c1-18-16-9-7-14(8-10-16)17-15-4-2-3-13(11-15)12-5-6-12/h7-10,12-13,15,17H,2-6,11H2,1H3. The van der Waals surface area contributed by atoms with Gasteiger partial charge in [0.2, 0.25) is 0 Å². The molecule has 2 atom stereocenters. The molecule has 1 N–H and O–H groups in total. The Balaban J connectivity index is 1.57. The molecule has 98 valence electrons. The summed E-state index contributed by atoms with van der Waals surface area (Å²) in [6, 6.07) is 8.99. The third-order valence-electron chi connectivity index (χ3n) is 4.46. The molecular weight excluding hydrogens is 222 g/mol. The third kappa shape index (κ3) is 2.80. The first kappa shape index (κ1) is 11.9. The van der Waals surface area contributed by atoms with Crippen LogP contribution in [0.3, 0.4) is 0 Å². The van der Waals surface area contributed by atoms with Crippen molar-refractivity contribution < 1.29 is 4.74 Å². The highest BCUT2D eigenvalue weighted by Gasteiger charge is 2.34. The van der Waals surface area contributed by atoms with Gasteiger partial charge in [-0.2, -0.15) is 0 Å². The van der Waals surface area contributed by atoms with Gasteiger partial charge in [0.25, 0.3) is 0 Å². The average Bonchev–Trinajstić information content (AvgIpc) is 3.24. The van der Waals surface area contributed by atoms with Crippen LogP contribution in [-0.4, -0.2) is 13.2 Å². The lowest BCUT2D eigenvalue weighted by Crippen LogP contribution is -2.28. The lowest BCUT2D eigenvalue weighted by molar-refractivity contribution is 0.303. The van der Waals surface area contributed by atoms with Gasteiger partial charge in [-0.05, 0) is 61.8 Å². The quantitative estimate of drug-likeness (QED) is 0.863. The maximum absolute atomic E-state index is 5.19. The summed E-state index contributed by atoms with van der Waals surface area (Å²) in [5, 5.41) is 3.69. The molecule has 18 heavy (non-hydrogen) atoms. The van der Waals surface area contributed by atoms with Crippen molar-refractivity contribution in [3.8, 4) is 5.75 Å². The zero-order valence-corrected chi connectivity index (χ0v) is 11.2. The third-order valence-corrected chi connectivity index (χ3v) is 4.46. The number of benzene rings is 1. The van der Waals surface area contributed by atoms with Gasteiger partial charge < -0.3 is 10.1 Å². The molecule has 0 bridgehead atoms. The molecule has 0 radical (unpaired) electrons. The lowest BCUT2D eigenvalue weighted by Gasteiger charge is -2.30. The van der Waals surface area contributed by atoms with Crippen LogP contribution < -0.4 is 10.1 Å². The van der Waals surface area contributed by atoms with Gasteiger partial charge in [-0.3, -0.25) is 0 Å². The van der Waals surface area contributed by atoms with E-state index in [0.717, 1.165) is 17.6 Å². The normalized spacial score (nSPS) is 27.8. The van der Waals surface area contributed by atoms with Crippen LogP contribution in [0.1, 0.15) is 38.5 Å². The summed E-state index contributed by atoms with van der Waals surface area (Å²) in [6.07, 6.45) is 8.53. The Labute approximate surface area is 110 Å².